The van der Waals surface area contributed by atoms with Crippen LogP contribution in [0.1, 0.15) is 13.3 Å². The average molecular weight is 139 g/mol. The van der Waals surface area contributed by atoms with Crippen LogP contribution in [0.25, 0.3) is 0 Å². The minimum absolute atomic E-state index is 0.123. The lowest BCUT2D eigenvalue weighted by molar-refractivity contribution is -0.116. The first-order valence-electron chi connectivity index (χ1n) is 3.06. The second-order valence-corrected chi connectivity index (χ2v) is 2.12. The van der Waals surface area contributed by atoms with Crippen molar-refractivity contribution in [2.24, 2.45) is 0 Å². The summed E-state index contributed by atoms with van der Waals surface area (Å²) >= 11 is 0. The predicted octanol–water partition coefficient (Wildman–Crippen LogP) is 0.898. The molecular formula is C7H9NO2. The van der Waals surface area contributed by atoms with Crippen molar-refractivity contribution in [3.05, 3.63) is 24.1 Å². The van der Waals surface area contributed by atoms with E-state index in [2.05, 4.69) is 5.48 Å². The number of rotatable bonds is 2. The van der Waals surface area contributed by atoms with E-state index in [0.717, 1.165) is 5.70 Å². The van der Waals surface area contributed by atoms with Crippen LogP contribution in [-0.2, 0) is 9.63 Å². The Morgan fingerprint density at radius 2 is 2.60 bits per heavy atom. The fourth-order valence-corrected chi connectivity index (χ4v) is 0.702. The molecular weight excluding hydrogens is 130 g/mol. The maximum Gasteiger partial charge on any atom is 0.135 e. The van der Waals surface area contributed by atoms with Crippen LogP contribution in [0, 0.1) is 0 Å². The summed E-state index contributed by atoms with van der Waals surface area (Å²) in [5.74, 6) is 0.123. The summed E-state index contributed by atoms with van der Waals surface area (Å²) in [6.07, 6.45) is 5.48. The van der Waals surface area contributed by atoms with Crippen LogP contribution in [0.15, 0.2) is 24.1 Å². The molecule has 0 spiro atoms. The lowest BCUT2D eigenvalue weighted by Crippen LogP contribution is -2.15. The molecule has 0 unspecified atom stereocenters. The Balaban J connectivity index is 2.47. The van der Waals surface area contributed by atoms with Crippen LogP contribution in [0.5, 0.6) is 0 Å². The fraction of sp³-hybridized carbons (Fsp3) is 0.286. The van der Waals surface area contributed by atoms with Crippen LogP contribution in [-0.4, -0.2) is 5.78 Å². The van der Waals surface area contributed by atoms with Crippen molar-refractivity contribution in [3.63, 3.8) is 0 Å². The van der Waals surface area contributed by atoms with E-state index in [1.165, 1.54) is 6.26 Å². The van der Waals surface area contributed by atoms with E-state index >= 15 is 0 Å². The normalized spacial score (nSPS) is 15.1. The molecule has 0 aromatic rings. The molecule has 10 heavy (non-hydrogen) atoms. The third-order valence-electron chi connectivity index (χ3n) is 1.07. The van der Waals surface area contributed by atoms with E-state index in [1.54, 1.807) is 13.0 Å². The van der Waals surface area contributed by atoms with E-state index in [1.807, 2.05) is 6.08 Å². The summed E-state index contributed by atoms with van der Waals surface area (Å²) < 4.78 is 0. The highest BCUT2D eigenvalue weighted by molar-refractivity contribution is 5.78. The van der Waals surface area contributed by atoms with Gasteiger partial charge in [0.25, 0.3) is 0 Å². The molecule has 1 aliphatic rings. The molecule has 0 aromatic heterocycles. The number of carbonyl (C=O) groups excluding carboxylic acids is 1. The van der Waals surface area contributed by atoms with Gasteiger partial charge in [0.05, 0.1) is 5.70 Å². The largest absolute Gasteiger partial charge is 0.390 e. The number of ketones is 1. The number of nitrogens with one attached hydrogen (secondary N) is 1. The maximum absolute atomic E-state index is 10.6. The average Bonchev–Trinajstić information content (AvgIpc) is 1.88. The highest BCUT2D eigenvalue weighted by Gasteiger charge is 2.01. The Morgan fingerprint density at radius 1 is 1.80 bits per heavy atom. The van der Waals surface area contributed by atoms with Crippen LogP contribution in [0.2, 0.25) is 0 Å². The Labute approximate surface area is 59.3 Å². The van der Waals surface area contributed by atoms with Crippen LogP contribution in [0.4, 0.5) is 0 Å². The van der Waals surface area contributed by atoms with Gasteiger partial charge in [-0.15, -0.1) is 0 Å². The number of hydrogen-bond donors (Lipinski definition) is 1. The zero-order valence-corrected chi connectivity index (χ0v) is 5.76. The number of hydroxylamine groups is 1. The van der Waals surface area contributed by atoms with E-state index < -0.39 is 0 Å². The monoisotopic (exact) mass is 139 g/mol. The molecule has 54 valence electrons. The fourth-order valence-electron chi connectivity index (χ4n) is 0.702. The minimum Gasteiger partial charge on any atom is -0.390 e. The van der Waals surface area contributed by atoms with Gasteiger partial charge < -0.3 is 4.84 Å². The zero-order valence-electron chi connectivity index (χ0n) is 5.76. The first-order valence-corrected chi connectivity index (χ1v) is 3.06. The van der Waals surface area contributed by atoms with Crippen LogP contribution in [0.3, 0.4) is 0 Å². The van der Waals surface area contributed by atoms with Gasteiger partial charge in [0, 0.05) is 6.42 Å². The van der Waals surface area contributed by atoms with Crippen molar-refractivity contribution >= 4 is 5.78 Å². The molecule has 0 aliphatic carbocycles. The van der Waals surface area contributed by atoms with Crippen LogP contribution < -0.4 is 5.48 Å². The Bertz CT molecular complexity index is 194. The van der Waals surface area contributed by atoms with Gasteiger partial charge in [-0.1, -0.05) is 0 Å². The second-order valence-electron chi connectivity index (χ2n) is 2.12. The molecule has 0 bridgehead atoms. The minimum atomic E-state index is 0.123. The van der Waals surface area contributed by atoms with E-state index in [-0.39, 0.29) is 5.78 Å². The van der Waals surface area contributed by atoms with Gasteiger partial charge in [-0.25, -0.2) is 5.48 Å². The Hall–Kier alpha value is -1.25. The zero-order chi connectivity index (χ0) is 7.40. The predicted molar refractivity (Wildman–Crippen MR) is 36.7 cm³/mol. The van der Waals surface area contributed by atoms with Crippen molar-refractivity contribution in [3.8, 4) is 0 Å². The molecule has 3 nitrogen and oxygen atoms in total. The molecule has 0 fully saturated rings. The second kappa shape index (κ2) is 3.06. The molecule has 3 heteroatoms. The molecule has 0 saturated carbocycles. The van der Waals surface area contributed by atoms with Crippen molar-refractivity contribution < 1.29 is 9.63 Å². The molecule has 1 aliphatic heterocycles. The molecule has 1 N–H and O–H groups in total. The van der Waals surface area contributed by atoms with Crippen molar-refractivity contribution in [2.45, 2.75) is 13.3 Å². The van der Waals surface area contributed by atoms with Gasteiger partial charge in [0.1, 0.15) is 12.0 Å². The summed E-state index contributed by atoms with van der Waals surface area (Å²) in [6.45, 7) is 1.54. The number of Topliss-reactive ketones (excluding diaryl/α,β-unsaturated/α-hetero) is 1. The molecule has 0 amide bonds. The van der Waals surface area contributed by atoms with E-state index in [4.69, 9.17) is 4.84 Å². The third-order valence-corrected chi connectivity index (χ3v) is 1.07. The summed E-state index contributed by atoms with van der Waals surface area (Å²) in [5, 5.41) is 0. The molecule has 0 saturated heterocycles. The Kier molecular flexibility index (Phi) is 2.10. The summed E-state index contributed by atoms with van der Waals surface area (Å²) in [7, 11) is 0. The van der Waals surface area contributed by atoms with E-state index in [9.17, 15) is 4.79 Å². The van der Waals surface area contributed by atoms with Gasteiger partial charge in [-0.3, -0.25) is 4.79 Å². The lowest BCUT2D eigenvalue weighted by Gasteiger charge is -2.09. The van der Waals surface area contributed by atoms with Gasteiger partial charge in [-0.2, -0.15) is 0 Å². The lowest BCUT2D eigenvalue weighted by atomic mass is 10.2. The van der Waals surface area contributed by atoms with Crippen molar-refractivity contribution in [2.75, 3.05) is 0 Å². The molecule has 1 rings (SSSR count). The summed E-state index contributed by atoms with van der Waals surface area (Å²) in [6, 6.07) is 0. The van der Waals surface area contributed by atoms with Crippen LogP contribution >= 0.6 is 0 Å². The quantitative estimate of drug-likeness (QED) is 0.617. The van der Waals surface area contributed by atoms with Gasteiger partial charge in [-0.05, 0) is 19.1 Å². The highest BCUT2D eigenvalue weighted by atomic mass is 16.6. The van der Waals surface area contributed by atoms with Crippen molar-refractivity contribution in [1.29, 1.82) is 0 Å². The number of carbonyl (C=O) groups is 1. The van der Waals surface area contributed by atoms with Crippen molar-refractivity contribution in [1.82, 2.24) is 5.48 Å². The number of allylic oxidation sites excluding steroid dienone is 3. The SMILES string of the molecule is CC(=O)CC1=CC=CON1. The topological polar surface area (TPSA) is 38.3 Å². The van der Waals surface area contributed by atoms with Gasteiger partial charge in [0.2, 0.25) is 0 Å². The highest BCUT2D eigenvalue weighted by Crippen LogP contribution is 2.01. The third kappa shape index (κ3) is 1.93. The first-order chi connectivity index (χ1) is 4.79. The standard InChI is InChI=1S/C7H9NO2/c1-6(9)5-7-3-2-4-10-8-7/h2-4,8H,5H2,1H3. The smallest absolute Gasteiger partial charge is 0.135 e. The van der Waals surface area contributed by atoms with Gasteiger partial charge >= 0.3 is 0 Å². The van der Waals surface area contributed by atoms with E-state index in [0.29, 0.717) is 6.42 Å². The van der Waals surface area contributed by atoms with Gasteiger partial charge in [0.15, 0.2) is 0 Å². The Morgan fingerprint density at radius 3 is 3.10 bits per heavy atom. The summed E-state index contributed by atoms with van der Waals surface area (Å²) in [5.41, 5.74) is 3.40. The molecule has 0 radical (unpaired) electrons. The number of hydrogen-bond acceptors (Lipinski definition) is 3. The summed E-state index contributed by atoms with van der Waals surface area (Å²) in [4.78, 5) is 15.3. The first kappa shape index (κ1) is 6.86. The molecule has 0 aromatic carbocycles. The maximum atomic E-state index is 10.6. The molecule has 0 atom stereocenters. The molecule has 1 heterocycles.